The van der Waals surface area contributed by atoms with Crippen LogP contribution in [-0.2, 0) is 0 Å². The fourth-order valence-corrected chi connectivity index (χ4v) is 4.23. The topological polar surface area (TPSA) is 28.2 Å². The monoisotopic (exact) mass is 301 g/mol. The van der Waals surface area contributed by atoms with Gasteiger partial charge in [0.1, 0.15) is 0 Å². The van der Waals surface area contributed by atoms with E-state index in [1.165, 1.54) is 25.7 Å². The van der Waals surface area contributed by atoms with Crippen LogP contribution in [0.15, 0.2) is 30.5 Å². The van der Waals surface area contributed by atoms with Crippen LogP contribution in [0.5, 0.6) is 0 Å². The lowest BCUT2D eigenvalue weighted by molar-refractivity contribution is 0.169. The van der Waals surface area contributed by atoms with E-state index in [9.17, 15) is 0 Å². The van der Waals surface area contributed by atoms with Gasteiger partial charge >= 0.3 is 0 Å². The lowest BCUT2D eigenvalue weighted by atomic mass is 9.97. The molecule has 3 heterocycles. The van der Waals surface area contributed by atoms with Crippen LogP contribution in [0.3, 0.4) is 0 Å². The van der Waals surface area contributed by atoms with Gasteiger partial charge in [0.15, 0.2) is 0 Å². The molecule has 0 spiro atoms. The average Bonchev–Trinajstić information content (AvgIpc) is 2.73. The molecule has 0 radical (unpaired) electrons. The highest BCUT2D eigenvalue weighted by molar-refractivity contribution is 6.35. The van der Waals surface area contributed by atoms with E-state index in [4.69, 9.17) is 11.6 Å². The van der Waals surface area contributed by atoms with Crippen LogP contribution in [-0.4, -0.2) is 35.1 Å². The molecule has 1 aromatic heterocycles. The SMILES string of the molecule is CN1C2CCC1CC(Nc1ccc(Cl)c3ncccc13)C2. The van der Waals surface area contributed by atoms with Gasteiger partial charge in [-0.15, -0.1) is 0 Å². The summed E-state index contributed by atoms with van der Waals surface area (Å²) >= 11 is 6.25. The van der Waals surface area contributed by atoms with Gasteiger partial charge in [0.25, 0.3) is 0 Å². The Labute approximate surface area is 130 Å². The number of piperidine rings is 1. The lowest BCUT2D eigenvalue weighted by Gasteiger charge is -2.37. The number of hydrogen-bond acceptors (Lipinski definition) is 3. The second kappa shape index (κ2) is 5.15. The first-order valence-corrected chi connectivity index (χ1v) is 8.12. The molecule has 0 amide bonds. The largest absolute Gasteiger partial charge is 0.382 e. The molecule has 2 saturated heterocycles. The highest BCUT2D eigenvalue weighted by Gasteiger charge is 2.38. The van der Waals surface area contributed by atoms with Crippen molar-refractivity contribution in [1.82, 2.24) is 9.88 Å². The molecule has 0 aliphatic carbocycles. The summed E-state index contributed by atoms with van der Waals surface area (Å²) in [5.41, 5.74) is 2.05. The number of hydrogen-bond donors (Lipinski definition) is 1. The summed E-state index contributed by atoms with van der Waals surface area (Å²) in [4.78, 5) is 6.98. The standard InChI is InChI=1S/C17H20ClN3/c1-21-12-4-5-13(21)10-11(9-12)20-16-7-6-15(18)17-14(16)3-2-8-19-17/h2-3,6-8,11-13,20H,4-5,9-10H2,1H3. The van der Waals surface area contributed by atoms with Gasteiger partial charge in [-0.3, -0.25) is 4.98 Å². The Hall–Kier alpha value is -1.32. The van der Waals surface area contributed by atoms with E-state index in [1.807, 2.05) is 12.1 Å². The van der Waals surface area contributed by atoms with Crippen LogP contribution in [0.25, 0.3) is 10.9 Å². The number of anilines is 1. The number of nitrogens with one attached hydrogen (secondary N) is 1. The second-order valence-corrected chi connectivity index (χ2v) is 6.76. The number of nitrogens with zero attached hydrogens (tertiary/aromatic N) is 2. The summed E-state index contributed by atoms with van der Waals surface area (Å²) in [6.45, 7) is 0. The number of benzene rings is 1. The summed E-state index contributed by atoms with van der Waals surface area (Å²) in [5.74, 6) is 0. The van der Waals surface area contributed by atoms with Crippen LogP contribution in [0.2, 0.25) is 5.02 Å². The molecule has 2 fully saturated rings. The molecule has 0 saturated carbocycles. The van der Waals surface area contributed by atoms with Gasteiger partial charge in [-0.05, 0) is 57.0 Å². The van der Waals surface area contributed by atoms with Crippen molar-refractivity contribution in [2.24, 2.45) is 0 Å². The van der Waals surface area contributed by atoms with Gasteiger partial charge in [0.05, 0.1) is 10.5 Å². The van der Waals surface area contributed by atoms with Gasteiger partial charge in [0.2, 0.25) is 0 Å². The maximum atomic E-state index is 6.25. The molecule has 21 heavy (non-hydrogen) atoms. The first-order valence-electron chi connectivity index (χ1n) is 7.74. The Balaban J connectivity index is 1.62. The third-order valence-corrected chi connectivity index (χ3v) is 5.48. The predicted molar refractivity (Wildman–Crippen MR) is 88.0 cm³/mol. The second-order valence-electron chi connectivity index (χ2n) is 6.36. The first kappa shape index (κ1) is 13.4. The Kier molecular flexibility index (Phi) is 3.27. The minimum Gasteiger partial charge on any atom is -0.382 e. The van der Waals surface area contributed by atoms with Crippen LogP contribution < -0.4 is 5.32 Å². The smallest absolute Gasteiger partial charge is 0.0908 e. The zero-order chi connectivity index (χ0) is 14.4. The fraction of sp³-hybridized carbons (Fsp3) is 0.471. The Morgan fingerprint density at radius 2 is 1.95 bits per heavy atom. The molecule has 2 aliphatic heterocycles. The van der Waals surface area contributed by atoms with Crippen molar-refractivity contribution in [2.75, 3.05) is 12.4 Å². The maximum absolute atomic E-state index is 6.25. The van der Waals surface area contributed by atoms with Crippen molar-refractivity contribution < 1.29 is 0 Å². The number of halogens is 1. The van der Waals surface area contributed by atoms with Gasteiger partial charge in [-0.1, -0.05) is 11.6 Å². The molecule has 4 rings (SSSR count). The summed E-state index contributed by atoms with van der Waals surface area (Å²) < 4.78 is 0. The van der Waals surface area contributed by atoms with Crippen LogP contribution in [0.1, 0.15) is 25.7 Å². The van der Waals surface area contributed by atoms with E-state index < -0.39 is 0 Å². The molecule has 2 bridgehead atoms. The third-order valence-electron chi connectivity index (χ3n) is 5.18. The van der Waals surface area contributed by atoms with Crippen LogP contribution in [0, 0.1) is 0 Å². The van der Waals surface area contributed by atoms with Crippen molar-refractivity contribution in [3.05, 3.63) is 35.5 Å². The van der Waals surface area contributed by atoms with E-state index in [-0.39, 0.29) is 0 Å². The molecule has 2 aromatic rings. The fourth-order valence-electron chi connectivity index (χ4n) is 4.01. The van der Waals surface area contributed by atoms with Crippen molar-refractivity contribution in [3.8, 4) is 0 Å². The zero-order valence-corrected chi connectivity index (χ0v) is 13.0. The number of rotatable bonds is 2. The molecule has 2 aliphatic rings. The minimum absolute atomic E-state index is 0.559. The molecular formula is C17H20ClN3. The van der Waals surface area contributed by atoms with Crippen molar-refractivity contribution in [1.29, 1.82) is 0 Å². The van der Waals surface area contributed by atoms with Gasteiger partial charge < -0.3 is 10.2 Å². The molecule has 3 nitrogen and oxygen atoms in total. The van der Waals surface area contributed by atoms with Crippen LogP contribution >= 0.6 is 11.6 Å². The molecule has 4 heteroatoms. The first-order chi connectivity index (χ1) is 10.2. The van der Waals surface area contributed by atoms with E-state index >= 15 is 0 Å². The Bertz CT molecular complexity index is 658. The van der Waals surface area contributed by atoms with E-state index in [0.29, 0.717) is 6.04 Å². The zero-order valence-electron chi connectivity index (χ0n) is 12.2. The van der Waals surface area contributed by atoms with Gasteiger partial charge in [-0.25, -0.2) is 0 Å². The molecular weight excluding hydrogens is 282 g/mol. The molecule has 110 valence electrons. The molecule has 1 N–H and O–H groups in total. The Morgan fingerprint density at radius 1 is 1.19 bits per heavy atom. The average molecular weight is 302 g/mol. The molecule has 2 unspecified atom stereocenters. The van der Waals surface area contributed by atoms with Crippen molar-refractivity contribution in [2.45, 2.75) is 43.8 Å². The predicted octanol–water partition coefficient (Wildman–Crippen LogP) is 3.93. The van der Waals surface area contributed by atoms with Crippen molar-refractivity contribution >= 4 is 28.2 Å². The summed E-state index contributed by atoms with van der Waals surface area (Å²) in [5, 5.41) is 5.59. The summed E-state index contributed by atoms with van der Waals surface area (Å²) in [7, 11) is 2.28. The minimum atomic E-state index is 0.559. The normalized spacial score (nSPS) is 29.0. The van der Waals surface area contributed by atoms with Gasteiger partial charge in [-0.2, -0.15) is 0 Å². The van der Waals surface area contributed by atoms with E-state index in [2.05, 4.69) is 34.4 Å². The summed E-state index contributed by atoms with van der Waals surface area (Å²) in [6.07, 6.45) is 6.97. The Morgan fingerprint density at radius 3 is 2.71 bits per heavy atom. The van der Waals surface area contributed by atoms with E-state index in [0.717, 1.165) is 33.7 Å². The maximum Gasteiger partial charge on any atom is 0.0908 e. The molecule has 1 aromatic carbocycles. The number of fused-ring (bicyclic) bond motifs is 3. The third kappa shape index (κ3) is 2.29. The van der Waals surface area contributed by atoms with Crippen LogP contribution in [0.4, 0.5) is 5.69 Å². The number of aromatic nitrogens is 1. The van der Waals surface area contributed by atoms with E-state index in [1.54, 1.807) is 6.20 Å². The van der Waals surface area contributed by atoms with Gasteiger partial charge in [0, 0.05) is 35.4 Å². The number of pyridine rings is 1. The highest BCUT2D eigenvalue weighted by Crippen LogP contribution is 2.36. The summed E-state index contributed by atoms with van der Waals surface area (Å²) in [6, 6.07) is 10.2. The highest BCUT2D eigenvalue weighted by atomic mass is 35.5. The molecule has 2 atom stereocenters. The lowest BCUT2D eigenvalue weighted by Crippen LogP contribution is -2.44. The quantitative estimate of drug-likeness (QED) is 0.911. The van der Waals surface area contributed by atoms with Crippen molar-refractivity contribution in [3.63, 3.8) is 0 Å².